The minimum absolute atomic E-state index is 0.0858. The van der Waals surface area contributed by atoms with Crippen LogP contribution in [0.1, 0.15) is 36.2 Å². The van der Waals surface area contributed by atoms with Gasteiger partial charge in [-0.05, 0) is 30.2 Å². The van der Waals surface area contributed by atoms with Crippen LogP contribution in [0.5, 0.6) is 0 Å². The van der Waals surface area contributed by atoms with Crippen molar-refractivity contribution in [2.24, 2.45) is 0 Å². The molecule has 1 aromatic heterocycles. The van der Waals surface area contributed by atoms with Gasteiger partial charge in [0.15, 0.2) is 5.69 Å². The molecular weight excluding hydrogens is 410 g/mol. The van der Waals surface area contributed by atoms with Crippen molar-refractivity contribution in [3.8, 4) is 0 Å². The molecule has 0 saturated carbocycles. The fraction of sp³-hybridized carbons (Fsp3) is 0.217. The first kappa shape index (κ1) is 22.5. The maximum Gasteiger partial charge on any atom is 0.330 e. The number of hydrogen-bond acceptors (Lipinski definition) is 5. The second-order valence-corrected chi connectivity index (χ2v) is 7.28. The summed E-state index contributed by atoms with van der Waals surface area (Å²) < 4.78 is 1.23. The molecule has 3 rings (SSSR count). The van der Waals surface area contributed by atoms with Gasteiger partial charge in [-0.25, -0.2) is 4.79 Å². The van der Waals surface area contributed by atoms with E-state index in [1.807, 2.05) is 37.3 Å². The lowest BCUT2D eigenvalue weighted by molar-refractivity contribution is -0.114. The molecule has 0 spiro atoms. The van der Waals surface area contributed by atoms with Gasteiger partial charge in [0.2, 0.25) is 5.91 Å². The zero-order chi connectivity index (χ0) is 23.3. The number of amides is 2. The second-order valence-electron chi connectivity index (χ2n) is 7.28. The molecule has 0 aliphatic carbocycles. The van der Waals surface area contributed by atoms with Gasteiger partial charge in [-0.1, -0.05) is 43.3 Å². The Morgan fingerprint density at radius 1 is 1.09 bits per heavy atom. The van der Waals surface area contributed by atoms with Gasteiger partial charge < -0.3 is 16.0 Å². The summed E-state index contributed by atoms with van der Waals surface area (Å²) in [7, 11) is 0. The van der Waals surface area contributed by atoms with Crippen LogP contribution in [0.2, 0.25) is 0 Å². The Balaban J connectivity index is 2.07. The third kappa shape index (κ3) is 4.94. The Labute approximate surface area is 184 Å². The molecule has 9 heteroatoms. The summed E-state index contributed by atoms with van der Waals surface area (Å²) in [6, 6.07) is 15.6. The first-order chi connectivity index (χ1) is 15.3. The predicted octanol–water partition coefficient (Wildman–Crippen LogP) is 2.18. The van der Waals surface area contributed by atoms with E-state index in [1.165, 1.54) is 22.5 Å². The number of anilines is 3. The zero-order valence-corrected chi connectivity index (χ0v) is 17.9. The van der Waals surface area contributed by atoms with Crippen molar-refractivity contribution in [2.75, 3.05) is 22.5 Å². The van der Waals surface area contributed by atoms with E-state index in [9.17, 15) is 19.2 Å². The van der Waals surface area contributed by atoms with Gasteiger partial charge >= 0.3 is 5.69 Å². The Bertz CT molecular complexity index is 1250. The molecule has 2 amide bonds. The number of aromatic nitrogens is 2. The van der Waals surface area contributed by atoms with E-state index < -0.39 is 17.2 Å². The summed E-state index contributed by atoms with van der Waals surface area (Å²) in [5, 5.41) is 2.63. The minimum atomic E-state index is -0.739. The van der Waals surface area contributed by atoms with Crippen LogP contribution in [0.3, 0.4) is 0 Å². The molecule has 0 aliphatic heterocycles. The average Bonchev–Trinajstić information content (AvgIpc) is 2.76. The van der Waals surface area contributed by atoms with Crippen LogP contribution in [-0.2, 0) is 11.3 Å². The third-order valence-electron chi connectivity index (χ3n) is 4.79. The standard InChI is InChI=1S/C23H25N5O4/c1-3-12-27(22(31)17-10-7-11-18(13-17)25-15(2)29)19-20(24)28(23(32)26-21(19)30)14-16-8-5-4-6-9-16/h4-11,13H,3,12,14,24H2,1-2H3,(H,25,29)(H,26,30,32). The lowest BCUT2D eigenvalue weighted by atomic mass is 10.1. The Morgan fingerprint density at radius 3 is 2.47 bits per heavy atom. The number of nitrogens with zero attached hydrogens (tertiary/aromatic N) is 2. The van der Waals surface area contributed by atoms with Gasteiger partial charge in [0.25, 0.3) is 11.5 Å². The number of nitrogens with two attached hydrogens (primary N) is 1. The van der Waals surface area contributed by atoms with E-state index in [0.29, 0.717) is 12.1 Å². The molecule has 0 saturated heterocycles. The van der Waals surface area contributed by atoms with Crippen molar-refractivity contribution < 1.29 is 9.59 Å². The van der Waals surface area contributed by atoms with Gasteiger partial charge in [0.1, 0.15) is 5.82 Å². The lowest BCUT2D eigenvalue weighted by Gasteiger charge is -2.24. The highest BCUT2D eigenvalue weighted by Crippen LogP contribution is 2.22. The highest BCUT2D eigenvalue weighted by atomic mass is 16.2. The van der Waals surface area contributed by atoms with Gasteiger partial charge in [-0.3, -0.25) is 23.9 Å². The number of nitrogens with one attached hydrogen (secondary N) is 2. The number of aromatic amines is 1. The highest BCUT2D eigenvalue weighted by Gasteiger charge is 2.25. The van der Waals surface area contributed by atoms with Crippen molar-refractivity contribution >= 4 is 29.0 Å². The maximum atomic E-state index is 13.3. The lowest BCUT2D eigenvalue weighted by Crippen LogP contribution is -2.41. The fourth-order valence-electron chi connectivity index (χ4n) is 3.39. The first-order valence-corrected chi connectivity index (χ1v) is 10.2. The van der Waals surface area contributed by atoms with Crippen LogP contribution >= 0.6 is 0 Å². The molecule has 9 nitrogen and oxygen atoms in total. The molecule has 32 heavy (non-hydrogen) atoms. The molecule has 2 aromatic carbocycles. The maximum absolute atomic E-state index is 13.3. The molecule has 3 aromatic rings. The summed E-state index contributed by atoms with van der Waals surface area (Å²) in [6.07, 6.45) is 0.549. The zero-order valence-electron chi connectivity index (χ0n) is 17.9. The van der Waals surface area contributed by atoms with E-state index in [1.54, 1.807) is 18.2 Å². The molecule has 0 bridgehead atoms. The largest absolute Gasteiger partial charge is 0.383 e. The van der Waals surface area contributed by atoms with Crippen molar-refractivity contribution in [3.05, 3.63) is 86.6 Å². The fourth-order valence-corrected chi connectivity index (χ4v) is 3.39. The molecular formula is C23H25N5O4. The monoisotopic (exact) mass is 435 g/mol. The van der Waals surface area contributed by atoms with Crippen molar-refractivity contribution in [2.45, 2.75) is 26.8 Å². The number of H-pyrrole nitrogens is 1. The second kappa shape index (κ2) is 9.78. The predicted molar refractivity (Wildman–Crippen MR) is 124 cm³/mol. The number of carbonyl (C=O) groups is 2. The summed E-state index contributed by atoms with van der Waals surface area (Å²) >= 11 is 0. The number of rotatable bonds is 7. The third-order valence-corrected chi connectivity index (χ3v) is 4.79. The van der Waals surface area contributed by atoms with Crippen LogP contribution in [0.25, 0.3) is 0 Å². The highest BCUT2D eigenvalue weighted by molar-refractivity contribution is 6.08. The van der Waals surface area contributed by atoms with E-state index in [0.717, 1.165) is 5.56 Å². The SMILES string of the molecule is CCCN(C(=O)c1cccc(NC(C)=O)c1)c1c(N)n(Cc2ccccc2)c(=O)[nH]c1=O. The molecule has 0 atom stereocenters. The van der Waals surface area contributed by atoms with Crippen LogP contribution in [0, 0.1) is 0 Å². The Kier molecular flexibility index (Phi) is 6.89. The van der Waals surface area contributed by atoms with Crippen molar-refractivity contribution in [1.82, 2.24) is 9.55 Å². The molecule has 1 heterocycles. The normalized spacial score (nSPS) is 10.6. The van der Waals surface area contributed by atoms with Crippen LogP contribution in [0.4, 0.5) is 17.2 Å². The Hall–Kier alpha value is -4.14. The smallest absolute Gasteiger partial charge is 0.330 e. The first-order valence-electron chi connectivity index (χ1n) is 10.2. The van der Waals surface area contributed by atoms with Crippen LogP contribution < -0.4 is 27.2 Å². The van der Waals surface area contributed by atoms with E-state index >= 15 is 0 Å². The van der Waals surface area contributed by atoms with Crippen molar-refractivity contribution in [3.63, 3.8) is 0 Å². The molecule has 166 valence electrons. The number of benzene rings is 2. The molecule has 0 unspecified atom stereocenters. The van der Waals surface area contributed by atoms with Crippen LogP contribution in [0.15, 0.2) is 64.2 Å². The van der Waals surface area contributed by atoms with Gasteiger partial charge in [-0.2, -0.15) is 0 Å². The van der Waals surface area contributed by atoms with E-state index in [4.69, 9.17) is 5.73 Å². The van der Waals surface area contributed by atoms with E-state index in [-0.39, 0.29) is 36.1 Å². The summed E-state index contributed by atoms with van der Waals surface area (Å²) in [6.45, 7) is 3.58. The van der Waals surface area contributed by atoms with Gasteiger partial charge in [0, 0.05) is 24.7 Å². The summed E-state index contributed by atoms with van der Waals surface area (Å²) in [5.41, 5.74) is 6.32. The quantitative estimate of drug-likeness (QED) is 0.524. The minimum Gasteiger partial charge on any atom is -0.383 e. The number of hydrogen-bond donors (Lipinski definition) is 3. The van der Waals surface area contributed by atoms with E-state index in [2.05, 4.69) is 10.3 Å². The number of nitrogen functional groups attached to an aromatic ring is 1. The van der Waals surface area contributed by atoms with Gasteiger partial charge in [0.05, 0.1) is 6.54 Å². The summed E-state index contributed by atoms with van der Waals surface area (Å²) in [4.78, 5) is 53.4. The van der Waals surface area contributed by atoms with Crippen LogP contribution in [-0.4, -0.2) is 27.9 Å². The van der Waals surface area contributed by atoms with Gasteiger partial charge in [-0.15, -0.1) is 0 Å². The Morgan fingerprint density at radius 2 is 1.81 bits per heavy atom. The number of carbonyl (C=O) groups excluding carboxylic acids is 2. The topological polar surface area (TPSA) is 130 Å². The molecule has 4 N–H and O–H groups in total. The molecule has 0 radical (unpaired) electrons. The summed E-state index contributed by atoms with van der Waals surface area (Å²) in [5.74, 6) is -0.836. The molecule has 0 fully saturated rings. The van der Waals surface area contributed by atoms with Crippen molar-refractivity contribution in [1.29, 1.82) is 0 Å². The average molecular weight is 435 g/mol. The molecule has 0 aliphatic rings.